The number of sulfone groups is 1. The maximum atomic E-state index is 11.8. The third-order valence-electron chi connectivity index (χ3n) is 4.03. The predicted molar refractivity (Wildman–Crippen MR) is 76.6 cm³/mol. The zero-order valence-corrected chi connectivity index (χ0v) is 13.0. The van der Waals surface area contributed by atoms with Crippen LogP contribution < -0.4 is 5.32 Å². The Morgan fingerprint density at radius 1 is 1.33 bits per heavy atom. The molecule has 0 bridgehead atoms. The highest BCUT2D eigenvalue weighted by molar-refractivity contribution is 7.92. The Bertz CT molecular complexity index is 341. The molecule has 1 aliphatic heterocycles. The van der Waals surface area contributed by atoms with Crippen LogP contribution in [0.15, 0.2) is 0 Å². The van der Waals surface area contributed by atoms with Crippen LogP contribution in [0.3, 0.4) is 0 Å². The highest BCUT2D eigenvalue weighted by Gasteiger charge is 2.24. The summed E-state index contributed by atoms with van der Waals surface area (Å²) in [6.45, 7) is 11.6. The molecule has 0 saturated carbocycles. The van der Waals surface area contributed by atoms with E-state index >= 15 is 0 Å². The van der Waals surface area contributed by atoms with E-state index in [-0.39, 0.29) is 11.0 Å². The van der Waals surface area contributed by atoms with E-state index < -0.39 is 9.84 Å². The van der Waals surface area contributed by atoms with E-state index in [1.807, 2.05) is 0 Å². The molecule has 2 atom stereocenters. The van der Waals surface area contributed by atoms with E-state index in [1.165, 1.54) is 0 Å². The lowest BCUT2D eigenvalue weighted by molar-refractivity contribution is 0.176. The van der Waals surface area contributed by atoms with Crippen LogP contribution in [0.2, 0.25) is 0 Å². The van der Waals surface area contributed by atoms with Gasteiger partial charge in [0, 0.05) is 32.2 Å². The monoisotopic (exact) mass is 276 g/mol. The summed E-state index contributed by atoms with van der Waals surface area (Å²) in [4.78, 5) is 2.28. The standard InChI is InChI=1S/C13H28N2O2S/c1-5-12(4)13-10-15(7-6-14-13)8-9-18(16,17)11(2)3/h11-14H,5-10H2,1-4H3. The summed E-state index contributed by atoms with van der Waals surface area (Å²) in [6.07, 6.45) is 1.16. The molecule has 0 aliphatic carbocycles. The lowest BCUT2D eigenvalue weighted by Crippen LogP contribution is -2.54. The quantitative estimate of drug-likeness (QED) is 0.790. The van der Waals surface area contributed by atoms with Crippen LogP contribution in [0.1, 0.15) is 34.1 Å². The first-order chi connectivity index (χ1) is 8.36. The molecule has 0 amide bonds. The van der Waals surface area contributed by atoms with Crippen molar-refractivity contribution in [3.63, 3.8) is 0 Å². The van der Waals surface area contributed by atoms with E-state index in [2.05, 4.69) is 24.1 Å². The summed E-state index contributed by atoms with van der Waals surface area (Å²) < 4.78 is 23.6. The molecule has 4 nitrogen and oxygen atoms in total. The second-order valence-corrected chi connectivity index (χ2v) is 8.34. The first kappa shape index (κ1) is 15.9. The average Bonchev–Trinajstić information content (AvgIpc) is 2.35. The lowest BCUT2D eigenvalue weighted by Gasteiger charge is -2.36. The van der Waals surface area contributed by atoms with Crippen molar-refractivity contribution in [2.24, 2.45) is 5.92 Å². The first-order valence-electron chi connectivity index (χ1n) is 7.04. The molecule has 0 aromatic rings. The molecule has 0 spiro atoms. The predicted octanol–water partition coefficient (Wildman–Crippen LogP) is 1.13. The van der Waals surface area contributed by atoms with Gasteiger partial charge in [-0.3, -0.25) is 4.90 Å². The molecule has 1 rings (SSSR count). The van der Waals surface area contributed by atoms with Gasteiger partial charge in [-0.25, -0.2) is 8.42 Å². The molecule has 1 N–H and O–H groups in total. The third kappa shape index (κ3) is 4.52. The Hall–Kier alpha value is -0.130. The molecule has 0 aromatic heterocycles. The van der Waals surface area contributed by atoms with Gasteiger partial charge in [-0.2, -0.15) is 0 Å². The van der Waals surface area contributed by atoms with Gasteiger partial charge in [-0.05, 0) is 19.8 Å². The van der Waals surface area contributed by atoms with Crippen molar-refractivity contribution >= 4 is 9.84 Å². The summed E-state index contributed by atoms with van der Waals surface area (Å²) in [7, 11) is -2.90. The number of hydrogen-bond acceptors (Lipinski definition) is 4. The fourth-order valence-electron chi connectivity index (χ4n) is 2.20. The number of nitrogens with one attached hydrogen (secondary N) is 1. The van der Waals surface area contributed by atoms with E-state index in [9.17, 15) is 8.42 Å². The molecule has 18 heavy (non-hydrogen) atoms. The lowest BCUT2D eigenvalue weighted by atomic mass is 9.97. The zero-order valence-electron chi connectivity index (χ0n) is 12.1. The fraction of sp³-hybridized carbons (Fsp3) is 1.00. The minimum absolute atomic E-state index is 0.259. The zero-order chi connectivity index (χ0) is 13.8. The maximum Gasteiger partial charge on any atom is 0.153 e. The topological polar surface area (TPSA) is 49.4 Å². The molecule has 1 aliphatic rings. The third-order valence-corrected chi connectivity index (χ3v) is 6.22. The minimum atomic E-state index is -2.90. The van der Waals surface area contributed by atoms with Crippen LogP contribution in [0.5, 0.6) is 0 Å². The van der Waals surface area contributed by atoms with Crippen molar-refractivity contribution in [2.45, 2.75) is 45.4 Å². The number of nitrogens with zero attached hydrogens (tertiary/aromatic N) is 1. The van der Waals surface area contributed by atoms with Crippen LogP contribution in [0, 0.1) is 5.92 Å². The maximum absolute atomic E-state index is 11.8. The van der Waals surface area contributed by atoms with Crippen molar-refractivity contribution in [3.8, 4) is 0 Å². The second-order valence-electron chi connectivity index (χ2n) is 5.66. The Labute approximate surface area is 112 Å². The van der Waals surface area contributed by atoms with Gasteiger partial charge in [0.25, 0.3) is 0 Å². The smallest absolute Gasteiger partial charge is 0.153 e. The van der Waals surface area contributed by atoms with Gasteiger partial charge in [-0.15, -0.1) is 0 Å². The highest BCUT2D eigenvalue weighted by atomic mass is 32.2. The Morgan fingerprint density at radius 2 is 2.00 bits per heavy atom. The molecular formula is C13H28N2O2S. The van der Waals surface area contributed by atoms with E-state index in [0.717, 1.165) is 26.1 Å². The van der Waals surface area contributed by atoms with Gasteiger partial charge in [0.05, 0.1) is 11.0 Å². The molecular weight excluding hydrogens is 248 g/mol. The Morgan fingerprint density at radius 3 is 2.56 bits per heavy atom. The molecule has 1 saturated heterocycles. The van der Waals surface area contributed by atoms with Crippen molar-refractivity contribution < 1.29 is 8.42 Å². The van der Waals surface area contributed by atoms with E-state index in [1.54, 1.807) is 13.8 Å². The largest absolute Gasteiger partial charge is 0.311 e. The van der Waals surface area contributed by atoms with Gasteiger partial charge in [0.1, 0.15) is 0 Å². The summed E-state index contributed by atoms with van der Waals surface area (Å²) >= 11 is 0. The first-order valence-corrected chi connectivity index (χ1v) is 8.75. The normalized spacial score (nSPS) is 24.4. The van der Waals surface area contributed by atoms with Crippen LogP contribution >= 0.6 is 0 Å². The summed E-state index contributed by atoms with van der Waals surface area (Å²) in [5.41, 5.74) is 0. The molecule has 1 fully saturated rings. The van der Waals surface area contributed by atoms with Gasteiger partial charge in [-0.1, -0.05) is 20.3 Å². The number of hydrogen-bond donors (Lipinski definition) is 1. The van der Waals surface area contributed by atoms with Gasteiger partial charge >= 0.3 is 0 Å². The van der Waals surface area contributed by atoms with Crippen molar-refractivity contribution in [3.05, 3.63) is 0 Å². The average molecular weight is 276 g/mol. The molecule has 0 radical (unpaired) electrons. The Kier molecular flexibility index (Phi) is 6.08. The van der Waals surface area contributed by atoms with Crippen LogP contribution in [-0.4, -0.2) is 56.5 Å². The number of rotatable bonds is 6. The molecule has 108 valence electrons. The number of piperazine rings is 1. The van der Waals surface area contributed by atoms with Crippen molar-refractivity contribution in [1.29, 1.82) is 0 Å². The molecule has 0 aromatic carbocycles. The molecule has 1 heterocycles. The fourth-order valence-corrected chi connectivity index (χ4v) is 3.19. The second kappa shape index (κ2) is 6.87. The van der Waals surface area contributed by atoms with Crippen LogP contribution in [0.4, 0.5) is 0 Å². The van der Waals surface area contributed by atoms with Gasteiger partial charge in [0.2, 0.25) is 0 Å². The summed E-state index contributed by atoms with van der Waals surface area (Å²) in [5.74, 6) is 0.937. The van der Waals surface area contributed by atoms with Crippen molar-refractivity contribution in [2.75, 3.05) is 31.9 Å². The van der Waals surface area contributed by atoms with Crippen molar-refractivity contribution in [1.82, 2.24) is 10.2 Å². The molecule has 2 unspecified atom stereocenters. The van der Waals surface area contributed by atoms with Crippen LogP contribution in [0.25, 0.3) is 0 Å². The van der Waals surface area contributed by atoms with Gasteiger partial charge in [0.15, 0.2) is 9.84 Å². The summed E-state index contributed by atoms with van der Waals surface area (Å²) in [5, 5.41) is 3.27. The van der Waals surface area contributed by atoms with E-state index in [0.29, 0.717) is 18.5 Å². The van der Waals surface area contributed by atoms with Gasteiger partial charge < -0.3 is 5.32 Å². The highest BCUT2D eigenvalue weighted by Crippen LogP contribution is 2.12. The summed E-state index contributed by atoms with van der Waals surface area (Å²) in [6, 6.07) is 0.505. The SMILES string of the molecule is CCC(C)C1CN(CCS(=O)(=O)C(C)C)CCN1. The van der Waals surface area contributed by atoms with E-state index in [4.69, 9.17) is 0 Å². The van der Waals surface area contributed by atoms with Crippen LogP contribution in [-0.2, 0) is 9.84 Å². The molecule has 5 heteroatoms. The minimum Gasteiger partial charge on any atom is -0.311 e. The Balaban J connectivity index is 2.44.